The molecule has 0 spiro atoms. The van der Waals surface area contributed by atoms with Crippen LogP contribution >= 0.6 is 0 Å². The number of amides is 1. The first-order chi connectivity index (χ1) is 8.92. The molecule has 2 aliphatic heterocycles. The molecule has 2 saturated heterocycles. The maximum Gasteiger partial charge on any atom is 0.309 e. The summed E-state index contributed by atoms with van der Waals surface area (Å²) < 4.78 is 0. The molecule has 2 fully saturated rings. The lowest BCUT2D eigenvalue weighted by Crippen LogP contribution is -2.51. The quantitative estimate of drug-likeness (QED) is 0.817. The molecule has 2 aliphatic rings. The van der Waals surface area contributed by atoms with Gasteiger partial charge in [-0.25, -0.2) is 0 Å². The van der Waals surface area contributed by atoms with Crippen LogP contribution in [0.3, 0.4) is 0 Å². The normalized spacial score (nSPS) is 25.3. The Morgan fingerprint density at radius 1 is 1.11 bits per heavy atom. The van der Waals surface area contributed by atoms with Crippen LogP contribution in [0.2, 0.25) is 0 Å². The van der Waals surface area contributed by atoms with Gasteiger partial charge in [0.15, 0.2) is 0 Å². The molecule has 0 bridgehead atoms. The SMILES string of the molecule is CC(=O)N1CCC(N2CCC(C)(C(=O)O)CC2)CC1. The van der Waals surface area contributed by atoms with Gasteiger partial charge in [-0.1, -0.05) is 0 Å². The van der Waals surface area contributed by atoms with Gasteiger partial charge in [0.1, 0.15) is 0 Å². The Morgan fingerprint density at radius 2 is 1.63 bits per heavy atom. The zero-order valence-electron chi connectivity index (χ0n) is 11.9. The molecule has 5 heteroatoms. The van der Waals surface area contributed by atoms with Crippen molar-refractivity contribution in [1.82, 2.24) is 9.80 Å². The Morgan fingerprint density at radius 3 is 2.05 bits per heavy atom. The van der Waals surface area contributed by atoms with E-state index in [9.17, 15) is 14.7 Å². The molecule has 0 unspecified atom stereocenters. The van der Waals surface area contributed by atoms with Gasteiger partial charge < -0.3 is 14.9 Å². The van der Waals surface area contributed by atoms with Gasteiger partial charge in [0, 0.05) is 26.1 Å². The number of piperidine rings is 2. The largest absolute Gasteiger partial charge is 0.481 e. The highest BCUT2D eigenvalue weighted by Gasteiger charge is 2.38. The van der Waals surface area contributed by atoms with E-state index < -0.39 is 11.4 Å². The van der Waals surface area contributed by atoms with E-state index in [1.54, 1.807) is 6.92 Å². The van der Waals surface area contributed by atoms with Gasteiger partial charge in [0.25, 0.3) is 0 Å². The molecule has 2 heterocycles. The van der Waals surface area contributed by atoms with Gasteiger partial charge in [0.05, 0.1) is 5.41 Å². The van der Waals surface area contributed by atoms with Crippen LogP contribution in [0.15, 0.2) is 0 Å². The maximum atomic E-state index is 11.3. The van der Waals surface area contributed by atoms with Gasteiger partial charge in [-0.15, -0.1) is 0 Å². The molecule has 0 aromatic rings. The molecule has 1 amide bonds. The standard InChI is InChI=1S/C14H24N2O3/c1-11(17)15-7-3-12(4-8-15)16-9-5-14(2,6-10-16)13(18)19/h12H,3-10H2,1-2H3,(H,18,19). The average molecular weight is 268 g/mol. The number of carboxylic acids is 1. The summed E-state index contributed by atoms with van der Waals surface area (Å²) in [5, 5.41) is 9.23. The lowest BCUT2D eigenvalue weighted by atomic mass is 9.80. The molecule has 2 rings (SSSR count). The maximum absolute atomic E-state index is 11.3. The van der Waals surface area contributed by atoms with E-state index in [0.717, 1.165) is 51.9 Å². The molecule has 19 heavy (non-hydrogen) atoms. The van der Waals surface area contributed by atoms with Crippen molar-refractivity contribution in [2.75, 3.05) is 26.2 Å². The number of rotatable bonds is 2. The molecule has 0 aliphatic carbocycles. The summed E-state index contributed by atoms with van der Waals surface area (Å²) in [6.45, 7) is 6.89. The Hall–Kier alpha value is -1.10. The van der Waals surface area contributed by atoms with E-state index in [2.05, 4.69) is 4.90 Å². The van der Waals surface area contributed by atoms with Crippen LogP contribution in [-0.2, 0) is 9.59 Å². The fourth-order valence-electron chi connectivity index (χ4n) is 3.14. The molecule has 1 N–H and O–H groups in total. The zero-order valence-corrected chi connectivity index (χ0v) is 11.9. The monoisotopic (exact) mass is 268 g/mol. The zero-order chi connectivity index (χ0) is 14.0. The summed E-state index contributed by atoms with van der Waals surface area (Å²) in [4.78, 5) is 26.8. The minimum Gasteiger partial charge on any atom is -0.481 e. The number of aliphatic carboxylic acids is 1. The second-order valence-corrected chi connectivity index (χ2v) is 6.14. The lowest BCUT2D eigenvalue weighted by Gasteiger charge is -2.43. The fourth-order valence-corrected chi connectivity index (χ4v) is 3.14. The van der Waals surface area contributed by atoms with Crippen molar-refractivity contribution in [2.24, 2.45) is 5.41 Å². The predicted octanol–water partition coefficient (Wildman–Crippen LogP) is 1.18. The van der Waals surface area contributed by atoms with E-state index >= 15 is 0 Å². The number of hydrogen-bond donors (Lipinski definition) is 1. The third-order valence-electron chi connectivity index (χ3n) is 4.84. The van der Waals surface area contributed by atoms with Crippen molar-refractivity contribution in [3.63, 3.8) is 0 Å². The summed E-state index contributed by atoms with van der Waals surface area (Å²) in [6, 6.07) is 0.522. The number of carboxylic acid groups (broad SMARTS) is 1. The van der Waals surface area contributed by atoms with Crippen LogP contribution in [0.5, 0.6) is 0 Å². The molecule has 0 radical (unpaired) electrons. The summed E-state index contributed by atoms with van der Waals surface area (Å²) in [5.74, 6) is -0.505. The average Bonchev–Trinajstić information content (AvgIpc) is 2.39. The molecule has 0 saturated carbocycles. The van der Waals surface area contributed by atoms with Crippen LogP contribution in [0.4, 0.5) is 0 Å². The second-order valence-electron chi connectivity index (χ2n) is 6.14. The van der Waals surface area contributed by atoms with Gasteiger partial charge in [-0.3, -0.25) is 9.59 Å². The highest BCUT2D eigenvalue weighted by molar-refractivity contribution is 5.74. The van der Waals surface area contributed by atoms with Crippen molar-refractivity contribution in [1.29, 1.82) is 0 Å². The van der Waals surface area contributed by atoms with Crippen molar-refractivity contribution in [3.05, 3.63) is 0 Å². The molecule has 0 aromatic carbocycles. The van der Waals surface area contributed by atoms with E-state index in [1.165, 1.54) is 0 Å². The summed E-state index contributed by atoms with van der Waals surface area (Å²) >= 11 is 0. The van der Waals surface area contributed by atoms with Crippen molar-refractivity contribution in [2.45, 2.75) is 45.6 Å². The van der Waals surface area contributed by atoms with Gasteiger partial charge in [-0.05, 0) is 45.7 Å². The van der Waals surface area contributed by atoms with Crippen LogP contribution in [-0.4, -0.2) is 59.0 Å². The Labute approximate surface area is 114 Å². The van der Waals surface area contributed by atoms with Crippen molar-refractivity contribution >= 4 is 11.9 Å². The fraction of sp³-hybridized carbons (Fsp3) is 0.857. The number of hydrogen-bond acceptors (Lipinski definition) is 3. The van der Waals surface area contributed by atoms with Crippen molar-refractivity contribution in [3.8, 4) is 0 Å². The number of carbonyl (C=O) groups is 2. The summed E-state index contributed by atoms with van der Waals surface area (Å²) in [5.41, 5.74) is -0.545. The minimum atomic E-state index is -0.668. The second kappa shape index (κ2) is 5.49. The lowest BCUT2D eigenvalue weighted by molar-refractivity contribution is -0.151. The first kappa shape index (κ1) is 14.3. The highest BCUT2D eigenvalue weighted by atomic mass is 16.4. The minimum absolute atomic E-state index is 0.163. The van der Waals surface area contributed by atoms with Crippen LogP contribution in [0.1, 0.15) is 39.5 Å². The third-order valence-corrected chi connectivity index (χ3v) is 4.84. The van der Waals surface area contributed by atoms with Crippen molar-refractivity contribution < 1.29 is 14.7 Å². The summed E-state index contributed by atoms with van der Waals surface area (Å²) in [6.07, 6.45) is 3.50. The Balaban J connectivity index is 1.83. The predicted molar refractivity (Wildman–Crippen MR) is 71.8 cm³/mol. The van der Waals surface area contributed by atoms with E-state index in [4.69, 9.17) is 0 Å². The van der Waals surface area contributed by atoms with E-state index in [-0.39, 0.29) is 5.91 Å². The van der Waals surface area contributed by atoms with Crippen LogP contribution in [0, 0.1) is 5.41 Å². The molecule has 0 atom stereocenters. The molecule has 0 aromatic heterocycles. The van der Waals surface area contributed by atoms with Gasteiger partial charge >= 0.3 is 5.97 Å². The van der Waals surface area contributed by atoms with Gasteiger partial charge in [-0.2, -0.15) is 0 Å². The first-order valence-corrected chi connectivity index (χ1v) is 7.15. The van der Waals surface area contributed by atoms with Gasteiger partial charge in [0.2, 0.25) is 5.91 Å². The number of likely N-dealkylation sites (tertiary alicyclic amines) is 2. The topological polar surface area (TPSA) is 60.9 Å². The molecule has 5 nitrogen and oxygen atoms in total. The highest BCUT2D eigenvalue weighted by Crippen LogP contribution is 2.33. The molecule has 108 valence electrons. The number of nitrogens with zero attached hydrogens (tertiary/aromatic N) is 2. The summed E-state index contributed by atoms with van der Waals surface area (Å²) in [7, 11) is 0. The molecular formula is C14H24N2O3. The van der Waals surface area contributed by atoms with E-state index in [0.29, 0.717) is 6.04 Å². The van der Waals surface area contributed by atoms with Crippen LogP contribution < -0.4 is 0 Å². The molecular weight excluding hydrogens is 244 g/mol. The first-order valence-electron chi connectivity index (χ1n) is 7.15. The van der Waals surface area contributed by atoms with Crippen LogP contribution in [0.25, 0.3) is 0 Å². The van der Waals surface area contributed by atoms with E-state index in [1.807, 2.05) is 11.8 Å². The number of carbonyl (C=O) groups excluding carboxylic acids is 1. The Bertz CT molecular complexity index is 354. The third kappa shape index (κ3) is 3.08. The smallest absolute Gasteiger partial charge is 0.309 e. The Kier molecular flexibility index (Phi) is 4.13.